The van der Waals surface area contributed by atoms with E-state index in [0.29, 0.717) is 56.8 Å². The van der Waals surface area contributed by atoms with Gasteiger partial charge in [0, 0.05) is 62.5 Å². The van der Waals surface area contributed by atoms with E-state index in [2.05, 4.69) is 10.00 Å². The van der Waals surface area contributed by atoms with Crippen LogP contribution in [0.15, 0.2) is 24.3 Å². The third-order valence-electron chi connectivity index (χ3n) is 5.76. The van der Waals surface area contributed by atoms with Crippen molar-refractivity contribution in [1.82, 2.24) is 19.6 Å². The van der Waals surface area contributed by atoms with Crippen LogP contribution in [0.4, 0.5) is 0 Å². The van der Waals surface area contributed by atoms with Crippen molar-refractivity contribution < 1.29 is 19.0 Å². The second-order valence-corrected chi connectivity index (χ2v) is 8.17. The predicted molar refractivity (Wildman–Crippen MR) is 117 cm³/mol. The molecule has 168 valence electrons. The first-order chi connectivity index (χ1) is 15.2. The molecule has 0 aliphatic carbocycles. The molecule has 0 saturated carbocycles. The van der Waals surface area contributed by atoms with Crippen molar-refractivity contribution >= 4 is 17.5 Å². The molecule has 1 saturated heterocycles. The second-order valence-electron chi connectivity index (χ2n) is 7.73. The molecule has 31 heavy (non-hydrogen) atoms. The lowest BCUT2D eigenvalue weighted by Crippen LogP contribution is -2.49. The Morgan fingerprint density at radius 2 is 1.90 bits per heavy atom. The van der Waals surface area contributed by atoms with E-state index in [9.17, 15) is 4.79 Å². The summed E-state index contributed by atoms with van der Waals surface area (Å²) in [5, 5.41) is 5.33. The van der Waals surface area contributed by atoms with Crippen molar-refractivity contribution in [2.24, 2.45) is 0 Å². The molecule has 3 heterocycles. The number of benzene rings is 1. The zero-order valence-electron chi connectivity index (χ0n) is 17.9. The van der Waals surface area contributed by atoms with Crippen LogP contribution in [-0.4, -0.2) is 85.1 Å². The lowest BCUT2D eigenvalue weighted by molar-refractivity contribution is 0.0604. The van der Waals surface area contributed by atoms with Gasteiger partial charge in [0.05, 0.1) is 26.4 Å². The lowest BCUT2D eigenvalue weighted by Gasteiger charge is -2.34. The number of methoxy groups -OCH3 is 1. The number of hydrogen-bond donors (Lipinski definition) is 0. The van der Waals surface area contributed by atoms with Gasteiger partial charge in [-0.05, 0) is 24.3 Å². The zero-order valence-corrected chi connectivity index (χ0v) is 18.6. The van der Waals surface area contributed by atoms with Gasteiger partial charge in [0.15, 0.2) is 5.69 Å². The SMILES string of the molecule is COCCn1nc(C(=O)N2CCN(CCOc3ccc(Cl)cc3)CC2)c2c1CCOC2. The summed E-state index contributed by atoms with van der Waals surface area (Å²) in [5.74, 6) is 0.809. The number of fused-ring (bicyclic) bond motifs is 1. The van der Waals surface area contributed by atoms with E-state index in [0.717, 1.165) is 43.1 Å². The van der Waals surface area contributed by atoms with Crippen molar-refractivity contribution in [1.29, 1.82) is 0 Å². The second kappa shape index (κ2) is 10.5. The van der Waals surface area contributed by atoms with E-state index in [-0.39, 0.29) is 5.91 Å². The molecule has 0 atom stereocenters. The van der Waals surface area contributed by atoms with Crippen LogP contribution >= 0.6 is 11.6 Å². The Labute approximate surface area is 187 Å². The molecular weight excluding hydrogens is 420 g/mol. The molecule has 1 aromatic carbocycles. The Balaban J connectivity index is 1.30. The van der Waals surface area contributed by atoms with Gasteiger partial charge in [0.25, 0.3) is 5.91 Å². The summed E-state index contributed by atoms with van der Waals surface area (Å²) >= 11 is 5.90. The maximum Gasteiger partial charge on any atom is 0.274 e. The molecule has 2 aromatic rings. The molecule has 1 amide bonds. The van der Waals surface area contributed by atoms with E-state index in [1.54, 1.807) is 7.11 Å². The molecule has 0 N–H and O–H groups in total. The van der Waals surface area contributed by atoms with E-state index in [1.807, 2.05) is 33.8 Å². The van der Waals surface area contributed by atoms with Gasteiger partial charge in [-0.1, -0.05) is 11.6 Å². The molecule has 1 aromatic heterocycles. The number of ether oxygens (including phenoxy) is 3. The minimum Gasteiger partial charge on any atom is -0.492 e. The van der Waals surface area contributed by atoms with E-state index < -0.39 is 0 Å². The summed E-state index contributed by atoms with van der Waals surface area (Å²) in [7, 11) is 1.67. The van der Waals surface area contributed by atoms with Gasteiger partial charge in [-0.3, -0.25) is 14.4 Å². The molecule has 9 heteroatoms. The van der Waals surface area contributed by atoms with Crippen molar-refractivity contribution in [3.8, 4) is 5.75 Å². The first-order valence-electron chi connectivity index (χ1n) is 10.7. The number of aromatic nitrogens is 2. The molecular formula is C22H29ClN4O4. The normalized spacial score (nSPS) is 16.9. The Morgan fingerprint density at radius 1 is 1.13 bits per heavy atom. The molecule has 2 aliphatic rings. The minimum absolute atomic E-state index is 0.00465. The standard InChI is InChI=1S/C22H29ClN4O4/c1-29-14-12-27-20-6-13-30-16-19(20)21(24-27)22(28)26-9-7-25(8-10-26)11-15-31-18-4-2-17(23)3-5-18/h2-5H,6-16H2,1H3. The third kappa shape index (κ3) is 5.38. The topological polar surface area (TPSA) is 69.1 Å². The summed E-state index contributed by atoms with van der Waals surface area (Å²) < 4.78 is 18.5. The average Bonchev–Trinajstić information content (AvgIpc) is 3.18. The van der Waals surface area contributed by atoms with Gasteiger partial charge in [-0.15, -0.1) is 0 Å². The quantitative estimate of drug-likeness (QED) is 0.616. The number of hydrogen-bond acceptors (Lipinski definition) is 6. The lowest BCUT2D eigenvalue weighted by atomic mass is 10.1. The highest BCUT2D eigenvalue weighted by molar-refractivity contribution is 6.30. The fourth-order valence-electron chi connectivity index (χ4n) is 3.99. The Morgan fingerprint density at radius 3 is 2.65 bits per heavy atom. The van der Waals surface area contributed by atoms with Gasteiger partial charge < -0.3 is 19.1 Å². The van der Waals surface area contributed by atoms with Crippen LogP contribution in [0, 0.1) is 0 Å². The number of halogens is 1. The summed E-state index contributed by atoms with van der Waals surface area (Å²) in [6, 6.07) is 7.38. The Bertz CT molecular complexity index is 878. The first kappa shape index (κ1) is 22.1. The highest BCUT2D eigenvalue weighted by Crippen LogP contribution is 2.23. The fraction of sp³-hybridized carbons (Fsp3) is 0.545. The molecule has 0 bridgehead atoms. The Kier molecular flexibility index (Phi) is 7.45. The largest absolute Gasteiger partial charge is 0.492 e. The average molecular weight is 449 g/mol. The number of piperazine rings is 1. The molecule has 0 spiro atoms. The summed E-state index contributed by atoms with van der Waals surface area (Å²) in [4.78, 5) is 17.4. The summed E-state index contributed by atoms with van der Waals surface area (Å²) in [5.41, 5.74) is 2.57. The van der Waals surface area contributed by atoms with Gasteiger partial charge in [-0.25, -0.2) is 0 Å². The monoisotopic (exact) mass is 448 g/mol. The molecule has 2 aliphatic heterocycles. The smallest absolute Gasteiger partial charge is 0.274 e. The van der Waals surface area contributed by atoms with Crippen LogP contribution in [0.5, 0.6) is 5.75 Å². The van der Waals surface area contributed by atoms with Crippen molar-refractivity contribution in [2.75, 3.05) is 59.7 Å². The van der Waals surface area contributed by atoms with Crippen LogP contribution < -0.4 is 4.74 Å². The van der Waals surface area contributed by atoms with Gasteiger partial charge in [-0.2, -0.15) is 5.10 Å². The van der Waals surface area contributed by atoms with Crippen LogP contribution in [0.2, 0.25) is 5.02 Å². The molecule has 0 radical (unpaired) electrons. The van der Waals surface area contributed by atoms with E-state index >= 15 is 0 Å². The molecule has 0 unspecified atom stereocenters. The predicted octanol–water partition coefficient (Wildman–Crippen LogP) is 2.09. The number of rotatable bonds is 8. The molecule has 1 fully saturated rings. The van der Waals surface area contributed by atoms with Gasteiger partial charge in [0.2, 0.25) is 0 Å². The van der Waals surface area contributed by atoms with Crippen molar-refractivity contribution in [3.63, 3.8) is 0 Å². The van der Waals surface area contributed by atoms with Gasteiger partial charge in [0.1, 0.15) is 12.4 Å². The van der Waals surface area contributed by atoms with Crippen LogP contribution in [0.1, 0.15) is 21.7 Å². The summed E-state index contributed by atoms with van der Waals surface area (Å²) in [6.07, 6.45) is 0.778. The highest BCUT2D eigenvalue weighted by Gasteiger charge is 2.30. The fourth-order valence-corrected chi connectivity index (χ4v) is 4.12. The maximum absolute atomic E-state index is 13.2. The van der Waals surface area contributed by atoms with Crippen LogP contribution in [0.3, 0.4) is 0 Å². The zero-order chi connectivity index (χ0) is 21.6. The highest BCUT2D eigenvalue weighted by atomic mass is 35.5. The number of amides is 1. The number of carbonyl (C=O) groups excluding carboxylic acids is 1. The third-order valence-corrected chi connectivity index (χ3v) is 6.01. The van der Waals surface area contributed by atoms with Crippen molar-refractivity contribution in [3.05, 3.63) is 46.2 Å². The first-order valence-corrected chi connectivity index (χ1v) is 11.1. The van der Waals surface area contributed by atoms with E-state index in [4.69, 9.17) is 25.8 Å². The molecule has 4 rings (SSSR count). The van der Waals surface area contributed by atoms with E-state index in [1.165, 1.54) is 0 Å². The minimum atomic E-state index is -0.00465. The van der Waals surface area contributed by atoms with Crippen LogP contribution in [0.25, 0.3) is 0 Å². The van der Waals surface area contributed by atoms with Crippen molar-refractivity contribution in [2.45, 2.75) is 19.6 Å². The van der Waals surface area contributed by atoms with Gasteiger partial charge >= 0.3 is 0 Å². The summed E-state index contributed by atoms with van der Waals surface area (Å²) in [6.45, 7) is 6.75. The molecule has 8 nitrogen and oxygen atoms in total. The maximum atomic E-state index is 13.2. The Hall–Kier alpha value is -2.13. The number of nitrogens with zero attached hydrogens (tertiary/aromatic N) is 4. The number of carbonyl (C=O) groups is 1. The van der Waals surface area contributed by atoms with Crippen LogP contribution in [-0.2, 0) is 29.0 Å².